The second-order valence-corrected chi connectivity index (χ2v) is 7.44. The van der Waals surface area contributed by atoms with Gasteiger partial charge >= 0.3 is 0 Å². The number of rotatable bonds is 5. The van der Waals surface area contributed by atoms with Crippen LogP contribution in [0.3, 0.4) is 0 Å². The van der Waals surface area contributed by atoms with E-state index in [1.165, 1.54) is 0 Å². The molecule has 29 heavy (non-hydrogen) atoms. The van der Waals surface area contributed by atoms with E-state index in [-0.39, 0.29) is 5.78 Å². The molecule has 0 unspecified atom stereocenters. The van der Waals surface area contributed by atoms with Crippen LogP contribution in [0.25, 0.3) is 0 Å². The molecule has 0 aliphatic carbocycles. The summed E-state index contributed by atoms with van der Waals surface area (Å²) in [5.41, 5.74) is 5.02. The largest absolute Gasteiger partial charge is 0.292 e. The second kappa shape index (κ2) is 7.89. The van der Waals surface area contributed by atoms with Crippen molar-refractivity contribution in [2.45, 2.75) is 19.3 Å². The molecule has 142 valence electrons. The topological polar surface area (TPSA) is 17.1 Å². The van der Waals surface area contributed by atoms with E-state index in [9.17, 15) is 4.79 Å². The first-order valence-electron chi connectivity index (χ1n) is 9.93. The van der Waals surface area contributed by atoms with Gasteiger partial charge in [-0.1, -0.05) is 109 Å². The highest BCUT2D eigenvalue weighted by molar-refractivity contribution is 6.09. The van der Waals surface area contributed by atoms with Crippen LogP contribution in [-0.4, -0.2) is 5.78 Å². The van der Waals surface area contributed by atoms with Gasteiger partial charge in [0.05, 0.1) is 0 Å². The van der Waals surface area contributed by atoms with Crippen LogP contribution in [0.1, 0.15) is 38.2 Å². The van der Waals surface area contributed by atoms with Crippen molar-refractivity contribution in [3.8, 4) is 0 Å². The van der Waals surface area contributed by atoms with Gasteiger partial charge in [0.15, 0.2) is 5.78 Å². The quantitative estimate of drug-likeness (QED) is 0.286. The van der Waals surface area contributed by atoms with Crippen molar-refractivity contribution < 1.29 is 4.79 Å². The molecule has 1 nitrogen and oxygen atoms in total. The maximum absolute atomic E-state index is 14.4. The number of hydrogen-bond acceptors (Lipinski definition) is 1. The lowest BCUT2D eigenvalue weighted by atomic mass is 9.63. The zero-order chi connectivity index (χ0) is 20.3. The molecule has 0 atom stereocenters. The summed E-state index contributed by atoms with van der Waals surface area (Å²) in [5, 5.41) is 0. The van der Waals surface area contributed by atoms with E-state index >= 15 is 0 Å². The normalized spacial score (nSPS) is 11.2. The number of benzene rings is 4. The van der Waals surface area contributed by atoms with Crippen LogP contribution in [-0.2, 0) is 5.41 Å². The van der Waals surface area contributed by atoms with E-state index in [0.29, 0.717) is 5.56 Å². The Morgan fingerprint density at radius 2 is 0.966 bits per heavy atom. The first kappa shape index (κ1) is 18.9. The Kier molecular flexibility index (Phi) is 5.14. The second-order valence-electron chi connectivity index (χ2n) is 7.44. The van der Waals surface area contributed by atoms with Gasteiger partial charge in [-0.3, -0.25) is 4.79 Å². The van der Waals surface area contributed by atoms with Crippen molar-refractivity contribution in [3.05, 3.63) is 143 Å². The molecule has 0 aliphatic rings. The Morgan fingerprint density at radius 1 is 0.552 bits per heavy atom. The summed E-state index contributed by atoms with van der Waals surface area (Å²) < 4.78 is 0. The van der Waals surface area contributed by atoms with Crippen molar-refractivity contribution >= 4 is 5.78 Å². The molecule has 0 amide bonds. The number of ketones is 1. The summed E-state index contributed by atoms with van der Waals surface area (Å²) in [6, 6.07) is 36.3. The highest BCUT2D eigenvalue weighted by atomic mass is 16.1. The molecule has 0 spiro atoms. The van der Waals surface area contributed by atoms with E-state index in [0.717, 1.165) is 27.8 Å². The first-order chi connectivity index (χ1) is 14.2. The maximum Gasteiger partial charge on any atom is 0.182 e. The van der Waals surface area contributed by atoms with Crippen LogP contribution in [0.2, 0.25) is 0 Å². The number of aryl methyl sites for hydroxylation is 2. The van der Waals surface area contributed by atoms with Crippen molar-refractivity contribution in [3.63, 3.8) is 0 Å². The van der Waals surface area contributed by atoms with Gasteiger partial charge in [-0.05, 0) is 41.7 Å². The smallest absolute Gasteiger partial charge is 0.182 e. The Morgan fingerprint density at radius 3 is 1.45 bits per heavy atom. The average molecular weight is 376 g/mol. The zero-order valence-corrected chi connectivity index (χ0v) is 16.8. The third-order valence-corrected chi connectivity index (χ3v) is 5.68. The highest BCUT2D eigenvalue weighted by Gasteiger charge is 2.45. The van der Waals surface area contributed by atoms with Gasteiger partial charge < -0.3 is 0 Å². The molecule has 0 saturated heterocycles. The molecule has 0 saturated carbocycles. The average Bonchev–Trinajstić information content (AvgIpc) is 2.78. The summed E-state index contributed by atoms with van der Waals surface area (Å²) in [6.45, 7) is 4.17. The predicted octanol–water partition coefficient (Wildman–Crippen LogP) is 6.52. The summed E-state index contributed by atoms with van der Waals surface area (Å²) in [5.74, 6) is 0.0906. The molecule has 0 aliphatic heterocycles. The standard InChI is InChI=1S/C28H24O/c1-21-13-9-11-19-25(21)28(24-17-7-4-8-18-24,26-20-12-10-14-22(26)2)27(29)23-15-5-3-6-16-23/h3-20H,1-2H3. The molecule has 0 fully saturated rings. The van der Waals surface area contributed by atoms with E-state index in [1.54, 1.807) is 0 Å². The summed E-state index contributed by atoms with van der Waals surface area (Å²) in [4.78, 5) is 14.4. The SMILES string of the molecule is Cc1ccccc1C(C(=O)c1ccccc1)(c1ccccc1)c1ccccc1C. The van der Waals surface area contributed by atoms with Crippen LogP contribution >= 0.6 is 0 Å². The minimum Gasteiger partial charge on any atom is -0.292 e. The van der Waals surface area contributed by atoms with Gasteiger partial charge in [0.25, 0.3) is 0 Å². The molecule has 4 aromatic rings. The zero-order valence-electron chi connectivity index (χ0n) is 16.8. The lowest BCUT2D eigenvalue weighted by Gasteiger charge is -2.36. The van der Waals surface area contributed by atoms with Gasteiger partial charge in [-0.2, -0.15) is 0 Å². The Balaban J connectivity index is 2.16. The maximum atomic E-state index is 14.4. The van der Waals surface area contributed by atoms with Crippen molar-refractivity contribution in [1.82, 2.24) is 0 Å². The van der Waals surface area contributed by atoms with E-state index < -0.39 is 5.41 Å². The van der Waals surface area contributed by atoms with Gasteiger partial charge in [0.1, 0.15) is 5.41 Å². The third-order valence-electron chi connectivity index (χ3n) is 5.68. The lowest BCUT2D eigenvalue weighted by Crippen LogP contribution is -2.40. The fraction of sp³-hybridized carbons (Fsp3) is 0.107. The predicted molar refractivity (Wildman–Crippen MR) is 119 cm³/mol. The van der Waals surface area contributed by atoms with Crippen LogP contribution in [0.4, 0.5) is 0 Å². The van der Waals surface area contributed by atoms with E-state index in [4.69, 9.17) is 0 Å². The Labute approximate surface area is 172 Å². The molecule has 0 heterocycles. The van der Waals surface area contributed by atoms with Gasteiger partial charge in [-0.25, -0.2) is 0 Å². The number of carbonyl (C=O) groups is 1. The molecule has 0 bridgehead atoms. The monoisotopic (exact) mass is 376 g/mol. The fourth-order valence-corrected chi connectivity index (χ4v) is 4.31. The molecular weight excluding hydrogens is 352 g/mol. The molecule has 4 aromatic carbocycles. The van der Waals surface area contributed by atoms with E-state index in [1.807, 2.05) is 72.8 Å². The number of Topliss-reactive ketones (excluding diaryl/α,β-unsaturated/α-hetero) is 1. The van der Waals surface area contributed by atoms with E-state index in [2.05, 4.69) is 50.2 Å². The number of carbonyl (C=O) groups excluding carboxylic acids is 1. The first-order valence-corrected chi connectivity index (χ1v) is 9.93. The summed E-state index contributed by atoms with van der Waals surface area (Å²) >= 11 is 0. The molecule has 0 aromatic heterocycles. The molecule has 0 N–H and O–H groups in total. The van der Waals surface area contributed by atoms with Crippen molar-refractivity contribution in [2.75, 3.05) is 0 Å². The van der Waals surface area contributed by atoms with Gasteiger partial charge in [0.2, 0.25) is 0 Å². The third kappa shape index (κ3) is 3.19. The molecule has 0 radical (unpaired) electrons. The highest BCUT2D eigenvalue weighted by Crippen LogP contribution is 2.44. The van der Waals surface area contributed by atoms with Crippen LogP contribution in [0.15, 0.2) is 109 Å². The summed E-state index contributed by atoms with van der Waals surface area (Å²) in [6.07, 6.45) is 0. The Hall–Kier alpha value is -3.45. The summed E-state index contributed by atoms with van der Waals surface area (Å²) in [7, 11) is 0. The molecule has 4 rings (SSSR count). The molecule has 1 heteroatoms. The number of hydrogen-bond donors (Lipinski definition) is 0. The Bertz CT molecular complexity index is 1080. The minimum absolute atomic E-state index is 0.0906. The van der Waals surface area contributed by atoms with Crippen molar-refractivity contribution in [2.24, 2.45) is 0 Å². The fourth-order valence-electron chi connectivity index (χ4n) is 4.31. The van der Waals surface area contributed by atoms with Gasteiger partial charge in [0, 0.05) is 5.56 Å². The van der Waals surface area contributed by atoms with Crippen molar-refractivity contribution in [1.29, 1.82) is 0 Å². The van der Waals surface area contributed by atoms with Crippen LogP contribution < -0.4 is 0 Å². The van der Waals surface area contributed by atoms with Crippen LogP contribution in [0.5, 0.6) is 0 Å². The van der Waals surface area contributed by atoms with Crippen LogP contribution in [0, 0.1) is 13.8 Å². The molecular formula is C28H24O. The van der Waals surface area contributed by atoms with Gasteiger partial charge in [-0.15, -0.1) is 0 Å². The lowest BCUT2D eigenvalue weighted by molar-refractivity contribution is 0.0934. The minimum atomic E-state index is -0.917.